The monoisotopic (exact) mass is 317 g/mol. The van der Waals surface area contributed by atoms with E-state index in [1.807, 2.05) is 0 Å². The fourth-order valence-corrected chi connectivity index (χ4v) is 2.06. The van der Waals surface area contributed by atoms with Gasteiger partial charge < -0.3 is 15.4 Å². The molecular weight excluding hydrogens is 297 g/mol. The second-order valence-corrected chi connectivity index (χ2v) is 4.95. The van der Waals surface area contributed by atoms with Gasteiger partial charge in [-0.1, -0.05) is 18.2 Å². The van der Waals surface area contributed by atoms with Crippen molar-refractivity contribution in [3.8, 4) is 0 Å². The number of ether oxygens (including phenoxy) is 1. The van der Waals surface area contributed by atoms with Gasteiger partial charge in [0.25, 0.3) is 5.91 Å². The van der Waals surface area contributed by atoms with E-state index in [0.29, 0.717) is 37.4 Å². The van der Waals surface area contributed by atoms with Crippen molar-refractivity contribution in [2.45, 2.75) is 6.42 Å². The summed E-state index contributed by atoms with van der Waals surface area (Å²) in [6, 6.07) is 9.99. The Hall–Kier alpha value is -2.47. The first-order chi connectivity index (χ1) is 11.2. The molecule has 0 bridgehead atoms. The number of rotatable bonds is 8. The summed E-state index contributed by atoms with van der Waals surface area (Å²) in [5.41, 5.74) is 1.70. The van der Waals surface area contributed by atoms with Crippen molar-refractivity contribution < 1.29 is 13.9 Å². The fourth-order valence-electron chi connectivity index (χ4n) is 2.06. The Morgan fingerprint density at radius 1 is 1.26 bits per heavy atom. The molecule has 0 fully saturated rings. The maximum atomic E-state index is 13.5. The Kier molecular flexibility index (Phi) is 6.50. The Labute approximate surface area is 134 Å². The highest BCUT2D eigenvalue weighted by Crippen LogP contribution is 2.08. The lowest BCUT2D eigenvalue weighted by atomic mass is 10.1. The van der Waals surface area contributed by atoms with E-state index in [1.54, 1.807) is 43.6 Å². The first-order valence-corrected chi connectivity index (χ1v) is 7.41. The third-order valence-electron chi connectivity index (χ3n) is 3.27. The van der Waals surface area contributed by atoms with Crippen LogP contribution < -0.4 is 10.6 Å². The van der Waals surface area contributed by atoms with Gasteiger partial charge in [0.2, 0.25) is 0 Å². The second-order valence-electron chi connectivity index (χ2n) is 4.95. The number of hydrogen-bond donors (Lipinski definition) is 2. The molecule has 0 unspecified atom stereocenters. The molecule has 6 heteroatoms. The minimum atomic E-state index is -0.281. The topological polar surface area (TPSA) is 63.2 Å². The summed E-state index contributed by atoms with van der Waals surface area (Å²) in [4.78, 5) is 16.1. The van der Waals surface area contributed by atoms with Gasteiger partial charge in [0.05, 0.1) is 6.61 Å². The number of hydrogen-bond acceptors (Lipinski definition) is 4. The van der Waals surface area contributed by atoms with E-state index < -0.39 is 0 Å². The van der Waals surface area contributed by atoms with Gasteiger partial charge in [-0.15, -0.1) is 0 Å². The Balaban J connectivity index is 1.85. The lowest BCUT2D eigenvalue weighted by Crippen LogP contribution is -2.26. The number of nitrogens with zero attached hydrogens (tertiary/aromatic N) is 1. The minimum absolute atomic E-state index is 0.260. The van der Waals surface area contributed by atoms with Crippen LogP contribution in [-0.2, 0) is 11.2 Å². The van der Waals surface area contributed by atoms with Gasteiger partial charge in [-0.25, -0.2) is 4.39 Å². The summed E-state index contributed by atoms with van der Waals surface area (Å²) in [6.45, 7) is 1.57. The van der Waals surface area contributed by atoms with Crippen LogP contribution in [0.3, 0.4) is 0 Å². The third-order valence-corrected chi connectivity index (χ3v) is 3.27. The molecule has 2 rings (SSSR count). The Bertz CT molecular complexity index is 649. The van der Waals surface area contributed by atoms with E-state index >= 15 is 0 Å². The molecule has 1 aromatic heterocycles. The van der Waals surface area contributed by atoms with E-state index in [0.717, 1.165) is 5.69 Å². The van der Waals surface area contributed by atoms with Crippen molar-refractivity contribution in [2.24, 2.45) is 0 Å². The molecule has 0 aliphatic rings. The van der Waals surface area contributed by atoms with Crippen LogP contribution in [-0.4, -0.2) is 37.7 Å². The van der Waals surface area contributed by atoms with Gasteiger partial charge in [-0.2, -0.15) is 0 Å². The van der Waals surface area contributed by atoms with Crippen molar-refractivity contribution in [1.82, 2.24) is 10.3 Å². The second kappa shape index (κ2) is 8.85. The van der Waals surface area contributed by atoms with E-state index in [1.165, 1.54) is 6.07 Å². The van der Waals surface area contributed by atoms with Crippen LogP contribution in [0.1, 0.15) is 16.1 Å². The highest BCUT2D eigenvalue weighted by atomic mass is 19.1. The van der Waals surface area contributed by atoms with Crippen molar-refractivity contribution in [3.05, 3.63) is 59.7 Å². The van der Waals surface area contributed by atoms with Gasteiger partial charge in [-0.05, 0) is 30.2 Å². The smallest absolute Gasteiger partial charge is 0.269 e. The number of pyridine rings is 1. The quantitative estimate of drug-likeness (QED) is 0.733. The Morgan fingerprint density at radius 2 is 2.09 bits per heavy atom. The molecule has 0 aliphatic heterocycles. The van der Waals surface area contributed by atoms with E-state index in [9.17, 15) is 9.18 Å². The molecule has 5 nitrogen and oxygen atoms in total. The lowest BCUT2D eigenvalue weighted by Gasteiger charge is -2.08. The number of anilines is 1. The molecular formula is C17H20FN3O2. The van der Waals surface area contributed by atoms with Crippen LogP contribution >= 0.6 is 0 Å². The summed E-state index contributed by atoms with van der Waals surface area (Å²) in [6.07, 6.45) is 2.01. The van der Waals surface area contributed by atoms with Crippen LogP contribution in [0.5, 0.6) is 0 Å². The number of amides is 1. The molecule has 0 spiro atoms. The van der Waals surface area contributed by atoms with Crippen LogP contribution in [0, 0.1) is 5.82 Å². The largest absolute Gasteiger partial charge is 0.383 e. The standard InChI is InChI=1S/C17H20FN3O2/c1-23-11-10-19-14-7-9-20-16(12-14)17(22)21-8-6-13-4-2-3-5-15(13)18/h2-5,7,9,12H,6,8,10-11H2,1H3,(H,19,20)(H,21,22). The van der Waals surface area contributed by atoms with Gasteiger partial charge in [0.1, 0.15) is 11.5 Å². The predicted molar refractivity (Wildman–Crippen MR) is 87.0 cm³/mol. The molecule has 122 valence electrons. The highest BCUT2D eigenvalue weighted by molar-refractivity contribution is 5.93. The van der Waals surface area contributed by atoms with Gasteiger partial charge >= 0.3 is 0 Å². The lowest BCUT2D eigenvalue weighted by molar-refractivity contribution is 0.0949. The minimum Gasteiger partial charge on any atom is -0.383 e. The first kappa shape index (κ1) is 16.9. The van der Waals surface area contributed by atoms with E-state index in [4.69, 9.17) is 4.74 Å². The molecule has 2 N–H and O–H groups in total. The zero-order chi connectivity index (χ0) is 16.5. The van der Waals surface area contributed by atoms with Crippen LogP contribution in [0.15, 0.2) is 42.6 Å². The number of aromatic nitrogens is 1. The molecule has 0 radical (unpaired) electrons. The molecule has 0 aliphatic carbocycles. The summed E-state index contributed by atoms with van der Waals surface area (Å²) in [5, 5.41) is 5.88. The zero-order valence-corrected chi connectivity index (χ0v) is 13.0. The molecule has 1 amide bonds. The summed E-state index contributed by atoms with van der Waals surface area (Å²) < 4.78 is 18.5. The number of nitrogens with one attached hydrogen (secondary N) is 2. The average molecular weight is 317 g/mol. The van der Waals surface area contributed by atoms with Crippen LogP contribution in [0.2, 0.25) is 0 Å². The summed E-state index contributed by atoms with van der Waals surface area (Å²) in [7, 11) is 1.63. The van der Waals surface area contributed by atoms with Gasteiger partial charge in [0, 0.05) is 32.1 Å². The van der Waals surface area contributed by atoms with Crippen molar-refractivity contribution in [3.63, 3.8) is 0 Å². The number of halogens is 1. The normalized spacial score (nSPS) is 10.3. The molecule has 0 atom stereocenters. The summed E-state index contributed by atoms with van der Waals surface area (Å²) in [5.74, 6) is -0.541. The number of methoxy groups -OCH3 is 1. The Morgan fingerprint density at radius 3 is 2.87 bits per heavy atom. The maximum Gasteiger partial charge on any atom is 0.269 e. The molecule has 0 saturated carbocycles. The van der Waals surface area contributed by atoms with Crippen molar-refractivity contribution in [1.29, 1.82) is 0 Å². The van der Waals surface area contributed by atoms with Gasteiger partial charge in [-0.3, -0.25) is 9.78 Å². The van der Waals surface area contributed by atoms with Crippen molar-refractivity contribution >= 4 is 11.6 Å². The first-order valence-electron chi connectivity index (χ1n) is 7.41. The van der Waals surface area contributed by atoms with E-state index in [2.05, 4.69) is 15.6 Å². The molecule has 1 heterocycles. The average Bonchev–Trinajstić information content (AvgIpc) is 2.57. The number of carbonyl (C=O) groups is 1. The molecule has 2 aromatic rings. The molecule has 1 aromatic carbocycles. The van der Waals surface area contributed by atoms with Crippen LogP contribution in [0.4, 0.5) is 10.1 Å². The highest BCUT2D eigenvalue weighted by Gasteiger charge is 2.08. The number of benzene rings is 1. The third kappa shape index (κ3) is 5.34. The fraction of sp³-hybridized carbons (Fsp3) is 0.294. The van der Waals surface area contributed by atoms with E-state index in [-0.39, 0.29) is 11.7 Å². The zero-order valence-electron chi connectivity index (χ0n) is 13.0. The predicted octanol–water partition coefficient (Wildman–Crippen LogP) is 2.25. The molecule has 23 heavy (non-hydrogen) atoms. The summed E-state index contributed by atoms with van der Waals surface area (Å²) >= 11 is 0. The number of carbonyl (C=O) groups excluding carboxylic acids is 1. The van der Waals surface area contributed by atoms with Crippen LogP contribution in [0.25, 0.3) is 0 Å². The van der Waals surface area contributed by atoms with Crippen molar-refractivity contribution in [2.75, 3.05) is 32.1 Å². The maximum absolute atomic E-state index is 13.5. The van der Waals surface area contributed by atoms with Gasteiger partial charge in [0.15, 0.2) is 0 Å². The molecule has 0 saturated heterocycles. The SMILES string of the molecule is COCCNc1ccnc(C(=O)NCCc2ccccc2F)c1.